The average Bonchev–Trinajstić information content (AvgIpc) is 2.95. The number of carbonyl (C=O) groups excluding carboxylic acids is 2. The first kappa shape index (κ1) is 20.2. The summed E-state index contributed by atoms with van der Waals surface area (Å²) in [6, 6.07) is 3.64. The molecular weight excluding hydrogens is 326 g/mol. The minimum absolute atomic E-state index is 0.130. The monoisotopic (exact) mass is 353 g/mol. The second kappa shape index (κ2) is 7.81. The highest BCUT2D eigenvalue weighted by atomic mass is 28.4. The van der Waals surface area contributed by atoms with Gasteiger partial charge in [0, 0.05) is 11.4 Å². The van der Waals surface area contributed by atoms with Crippen LogP contribution >= 0.6 is 0 Å². The van der Waals surface area contributed by atoms with Crippen LogP contribution in [0.2, 0.25) is 18.1 Å². The minimum atomic E-state index is -1.84. The van der Waals surface area contributed by atoms with Crippen LogP contribution in [0.4, 0.5) is 0 Å². The van der Waals surface area contributed by atoms with Crippen molar-refractivity contribution in [1.82, 2.24) is 4.98 Å². The van der Waals surface area contributed by atoms with E-state index in [1.807, 2.05) is 6.07 Å². The Kier molecular flexibility index (Phi) is 6.56. The van der Waals surface area contributed by atoms with E-state index in [9.17, 15) is 9.59 Å². The van der Waals surface area contributed by atoms with Crippen molar-refractivity contribution in [3.63, 3.8) is 0 Å². The van der Waals surface area contributed by atoms with E-state index in [4.69, 9.17) is 4.43 Å². The van der Waals surface area contributed by atoms with Crippen LogP contribution in [0.3, 0.4) is 0 Å². The van der Waals surface area contributed by atoms with Crippen molar-refractivity contribution in [1.29, 1.82) is 0 Å². The number of esters is 2. The molecule has 0 aliphatic rings. The molecule has 1 aromatic heterocycles. The molecule has 0 fully saturated rings. The van der Waals surface area contributed by atoms with E-state index in [2.05, 4.69) is 48.3 Å². The molecule has 7 heteroatoms. The minimum Gasteiger partial charge on any atom is -0.465 e. The molecule has 1 aromatic rings. The van der Waals surface area contributed by atoms with E-state index in [1.54, 1.807) is 6.07 Å². The molecule has 1 N–H and O–H groups in total. The zero-order chi connectivity index (χ0) is 18.5. The summed E-state index contributed by atoms with van der Waals surface area (Å²) in [7, 11) is 0.588. The van der Waals surface area contributed by atoms with Crippen LogP contribution < -0.4 is 0 Å². The largest absolute Gasteiger partial charge is 0.465 e. The molecule has 0 saturated carbocycles. The summed E-state index contributed by atoms with van der Waals surface area (Å²) < 4.78 is 15.3. The van der Waals surface area contributed by atoms with Crippen molar-refractivity contribution in [3.8, 4) is 0 Å². The number of carbonyl (C=O) groups is 2. The van der Waals surface area contributed by atoms with Crippen LogP contribution in [0, 0.1) is 0 Å². The predicted molar refractivity (Wildman–Crippen MR) is 94.8 cm³/mol. The zero-order valence-corrected chi connectivity index (χ0v) is 16.5. The first-order valence-electron chi connectivity index (χ1n) is 7.72. The maximum absolute atomic E-state index is 11.7. The maximum Gasteiger partial charge on any atom is 0.345 e. The Morgan fingerprint density at radius 2 is 1.67 bits per heavy atom. The quantitative estimate of drug-likeness (QED) is 0.279. The number of nitrogens with one attached hydrogen (secondary N) is 1. The Labute approximate surface area is 144 Å². The number of rotatable bonds is 6. The molecular formula is C17H27NO5Si. The van der Waals surface area contributed by atoms with Crippen LogP contribution in [0.5, 0.6) is 0 Å². The molecule has 0 radical (unpaired) electrons. The van der Waals surface area contributed by atoms with Gasteiger partial charge in [-0.2, -0.15) is 0 Å². The van der Waals surface area contributed by atoms with Crippen molar-refractivity contribution in [2.75, 3.05) is 14.2 Å². The van der Waals surface area contributed by atoms with Crippen molar-refractivity contribution in [3.05, 3.63) is 29.1 Å². The Balaban J connectivity index is 2.90. The van der Waals surface area contributed by atoms with Crippen LogP contribution in [-0.4, -0.2) is 39.5 Å². The fourth-order valence-electron chi connectivity index (χ4n) is 1.68. The smallest absolute Gasteiger partial charge is 0.345 e. The second-order valence-electron chi connectivity index (χ2n) is 7.03. The third-order valence-electron chi connectivity index (χ3n) is 4.27. The van der Waals surface area contributed by atoms with Crippen molar-refractivity contribution < 1.29 is 23.5 Å². The van der Waals surface area contributed by atoms with Crippen LogP contribution in [-0.2, 0) is 30.1 Å². The normalized spacial score (nSPS) is 11.8. The lowest BCUT2D eigenvalue weighted by atomic mass is 10.2. The molecule has 0 unspecified atom stereocenters. The van der Waals surface area contributed by atoms with Gasteiger partial charge in [0.25, 0.3) is 0 Å². The Bertz CT molecular complexity index is 607. The average molecular weight is 353 g/mol. The molecule has 134 valence electrons. The lowest BCUT2D eigenvalue weighted by Gasteiger charge is -2.36. The summed E-state index contributed by atoms with van der Waals surface area (Å²) in [6.45, 7) is 11.4. The van der Waals surface area contributed by atoms with E-state index in [-0.39, 0.29) is 10.6 Å². The first-order chi connectivity index (χ1) is 11.0. The molecule has 0 atom stereocenters. The Hall–Kier alpha value is -1.86. The van der Waals surface area contributed by atoms with Gasteiger partial charge >= 0.3 is 11.9 Å². The number of H-pyrrole nitrogens is 1. The summed E-state index contributed by atoms with van der Waals surface area (Å²) in [5.74, 6) is -1.48. The van der Waals surface area contributed by atoms with Gasteiger partial charge in [-0.25, -0.2) is 9.59 Å². The third kappa shape index (κ3) is 5.07. The Morgan fingerprint density at radius 1 is 1.12 bits per heavy atom. The van der Waals surface area contributed by atoms with Gasteiger partial charge in [0.15, 0.2) is 8.32 Å². The summed E-state index contributed by atoms with van der Waals surface area (Å²) in [4.78, 5) is 26.5. The molecule has 6 nitrogen and oxygen atoms in total. The number of aromatic nitrogens is 1. The van der Waals surface area contributed by atoms with Crippen molar-refractivity contribution in [2.24, 2.45) is 0 Å². The SMILES string of the molecule is COC(=O)C(=Cc1ccc(CO[Si](C)(C)C(C)(C)C)[nH]1)C(=O)OC. The third-order valence-corrected chi connectivity index (χ3v) is 8.75. The number of methoxy groups -OCH3 is 2. The van der Waals surface area contributed by atoms with Gasteiger partial charge in [0.2, 0.25) is 0 Å². The molecule has 24 heavy (non-hydrogen) atoms. The van der Waals surface area contributed by atoms with E-state index in [0.717, 1.165) is 5.69 Å². The summed E-state index contributed by atoms with van der Waals surface area (Å²) >= 11 is 0. The maximum atomic E-state index is 11.7. The highest BCUT2D eigenvalue weighted by Gasteiger charge is 2.37. The zero-order valence-electron chi connectivity index (χ0n) is 15.5. The first-order valence-corrected chi connectivity index (χ1v) is 10.6. The molecule has 1 rings (SSSR count). The summed E-state index contributed by atoms with van der Waals surface area (Å²) in [5.41, 5.74) is 1.31. The highest BCUT2D eigenvalue weighted by molar-refractivity contribution is 6.74. The molecule has 0 aromatic carbocycles. The molecule has 0 saturated heterocycles. The van der Waals surface area contributed by atoms with E-state index >= 15 is 0 Å². The molecule has 1 heterocycles. The van der Waals surface area contributed by atoms with Crippen LogP contribution in [0.1, 0.15) is 32.2 Å². The van der Waals surface area contributed by atoms with Crippen molar-refractivity contribution >= 4 is 26.3 Å². The molecule has 0 aliphatic carbocycles. The van der Waals surface area contributed by atoms with Crippen LogP contribution in [0.25, 0.3) is 6.08 Å². The van der Waals surface area contributed by atoms with E-state index in [0.29, 0.717) is 12.3 Å². The number of ether oxygens (including phenoxy) is 2. The number of hydrogen-bond acceptors (Lipinski definition) is 5. The predicted octanol–water partition coefficient (Wildman–Crippen LogP) is 3.27. The molecule has 0 aliphatic heterocycles. The molecule has 0 bridgehead atoms. The lowest BCUT2D eigenvalue weighted by molar-refractivity contribution is -0.143. The molecule has 0 spiro atoms. The van der Waals surface area contributed by atoms with Crippen molar-refractivity contribution in [2.45, 2.75) is 45.5 Å². The number of aromatic amines is 1. The van der Waals surface area contributed by atoms with Gasteiger partial charge < -0.3 is 18.9 Å². The van der Waals surface area contributed by atoms with Gasteiger partial charge in [-0.1, -0.05) is 20.8 Å². The fourth-order valence-corrected chi connectivity index (χ4v) is 2.63. The van der Waals surface area contributed by atoms with Gasteiger partial charge in [0.1, 0.15) is 5.57 Å². The molecule has 0 amide bonds. The summed E-state index contributed by atoms with van der Waals surface area (Å²) in [6.07, 6.45) is 1.41. The topological polar surface area (TPSA) is 77.6 Å². The van der Waals surface area contributed by atoms with Gasteiger partial charge in [0.05, 0.1) is 20.8 Å². The van der Waals surface area contributed by atoms with Gasteiger partial charge in [-0.05, 0) is 36.3 Å². The van der Waals surface area contributed by atoms with E-state index in [1.165, 1.54) is 20.3 Å². The highest BCUT2D eigenvalue weighted by Crippen LogP contribution is 2.37. The van der Waals surface area contributed by atoms with Crippen LogP contribution in [0.15, 0.2) is 17.7 Å². The number of hydrogen-bond donors (Lipinski definition) is 1. The summed E-state index contributed by atoms with van der Waals surface area (Å²) in [5, 5.41) is 0.130. The lowest BCUT2D eigenvalue weighted by Crippen LogP contribution is -2.40. The standard InChI is InChI=1S/C17H27NO5Si/c1-17(2,3)24(6,7)23-11-13-9-8-12(18-13)10-14(15(19)21-4)16(20)22-5/h8-10,18H,11H2,1-7H3. The van der Waals surface area contributed by atoms with E-state index < -0.39 is 20.3 Å². The second-order valence-corrected chi connectivity index (χ2v) is 11.8. The fraction of sp³-hybridized carbons (Fsp3) is 0.529. The Morgan fingerprint density at radius 3 is 2.12 bits per heavy atom. The van der Waals surface area contributed by atoms with Gasteiger partial charge in [-0.15, -0.1) is 0 Å². The van der Waals surface area contributed by atoms with Gasteiger partial charge in [-0.3, -0.25) is 0 Å².